The summed E-state index contributed by atoms with van der Waals surface area (Å²) >= 11 is 0. The molecule has 0 amide bonds. The van der Waals surface area contributed by atoms with E-state index in [0.29, 0.717) is 6.54 Å². The van der Waals surface area contributed by atoms with Gasteiger partial charge in [0.25, 0.3) is 0 Å². The van der Waals surface area contributed by atoms with Crippen molar-refractivity contribution in [3.63, 3.8) is 0 Å². The quantitative estimate of drug-likeness (QED) is 0.736. The van der Waals surface area contributed by atoms with E-state index in [9.17, 15) is 0 Å². The van der Waals surface area contributed by atoms with Gasteiger partial charge in [-0.2, -0.15) is 5.10 Å². The molecule has 0 aliphatic rings. The summed E-state index contributed by atoms with van der Waals surface area (Å²) in [4.78, 5) is 3.99. The van der Waals surface area contributed by atoms with Crippen LogP contribution in [0.1, 0.15) is 17.5 Å². The van der Waals surface area contributed by atoms with Gasteiger partial charge in [0.05, 0.1) is 12.2 Å². The fourth-order valence-electron chi connectivity index (χ4n) is 1.67. The molecule has 0 unspecified atom stereocenters. The van der Waals surface area contributed by atoms with E-state index in [1.54, 1.807) is 32.8 Å². The lowest BCUT2D eigenvalue weighted by Gasteiger charge is -2.15. The van der Waals surface area contributed by atoms with Gasteiger partial charge >= 0.3 is 0 Å². The Morgan fingerprint density at radius 2 is 1.82 bits per heavy atom. The number of nitrogens with zero attached hydrogens (tertiary/aromatic N) is 3. The molecule has 0 fully saturated rings. The van der Waals surface area contributed by atoms with E-state index in [-0.39, 0.29) is 6.29 Å². The number of hydrogen-bond donors (Lipinski definition) is 0. The summed E-state index contributed by atoms with van der Waals surface area (Å²) in [6.07, 6.45) is 4.88. The topological polar surface area (TPSA) is 49.2 Å². The molecule has 0 spiro atoms. The Bertz CT molecular complexity index is 452. The molecule has 2 aromatic rings. The molecule has 5 nitrogen and oxygen atoms in total. The van der Waals surface area contributed by atoms with Crippen LogP contribution in [0.25, 0.3) is 0 Å². The maximum absolute atomic E-state index is 5.23. The van der Waals surface area contributed by atoms with Crippen LogP contribution < -0.4 is 0 Å². The lowest BCUT2D eigenvalue weighted by atomic mass is 10.2. The van der Waals surface area contributed by atoms with Gasteiger partial charge in [0.2, 0.25) is 0 Å². The highest BCUT2D eigenvalue weighted by Crippen LogP contribution is 2.17. The highest BCUT2D eigenvalue weighted by Gasteiger charge is 2.14. The van der Waals surface area contributed by atoms with Gasteiger partial charge in [0.1, 0.15) is 0 Å². The van der Waals surface area contributed by atoms with Crippen LogP contribution in [0.15, 0.2) is 36.8 Å². The van der Waals surface area contributed by atoms with Gasteiger partial charge in [-0.25, -0.2) is 0 Å². The SMILES string of the molecule is COC(OC)c1ccnn1Cc1ccncc1. The van der Waals surface area contributed by atoms with Crippen molar-refractivity contribution in [2.45, 2.75) is 12.8 Å². The highest BCUT2D eigenvalue weighted by molar-refractivity contribution is 5.12. The summed E-state index contributed by atoms with van der Waals surface area (Å²) in [6.45, 7) is 0.675. The molecule has 0 aliphatic heterocycles. The Labute approximate surface area is 100 Å². The predicted molar refractivity (Wildman–Crippen MR) is 62.3 cm³/mol. The Morgan fingerprint density at radius 3 is 2.47 bits per heavy atom. The van der Waals surface area contributed by atoms with Crippen molar-refractivity contribution in [3.8, 4) is 0 Å². The van der Waals surface area contributed by atoms with Gasteiger partial charge in [-0.15, -0.1) is 0 Å². The van der Waals surface area contributed by atoms with Crippen LogP contribution in [-0.4, -0.2) is 29.0 Å². The van der Waals surface area contributed by atoms with Crippen molar-refractivity contribution in [2.24, 2.45) is 0 Å². The fraction of sp³-hybridized carbons (Fsp3) is 0.333. The first-order valence-electron chi connectivity index (χ1n) is 5.31. The number of ether oxygens (including phenoxy) is 2. The van der Waals surface area contributed by atoms with Crippen molar-refractivity contribution in [1.29, 1.82) is 0 Å². The van der Waals surface area contributed by atoms with Gasteiger partial charge in [0, 0.05) is 32.8 Å². The molecule has 0 aliphatic carbocycles. The van der Waals surface area contributed by atoms with E-state index in [4.69, 9.17) is 9.47 Å². The molecular formula is C12H15N3O2. The Kier molecular flexibility index (Phi) is 3.85. The van der Waals surface area contributed by atoms with Crippen LogP contribution in [0.2, 0.25) is 0 Å². The van der Waals surface area contributed by atoms with E-state index < -0.39 is 0 Å². The largest absolute Gasteiger partial charge is 0.350 e. The van der Waals surface area contributed by atoms with Crippen LogP contribution in [0.5, 0.6) is 0 Å². The summed E-state index contributed by atoms with van der Waals surface area (Å²) in [5.41, 5.74) is 2.03. The van der Waals surface area contributed by atoms with E-state index >= 15 is 0 Å². The lowest BCUT2D eigenvalue weighted by Crippen LogP contribution is -2.13. The molecule has 2 aromatic heterocycles. The molecule has 2 rings (SSSR count). The van der Waals surface area contributed by atoms with Crippen molar-refractivity contribution < 1.29 is 9.47 Å². The number of pyridine rings is 1. The van der Waals surface area contributed by atoms with Crippen LogP contribution in [0.4, 0.5) is 0 Å². The molecule has 90 valence electrons. The first-order chi connectivity index (χ1) is 8.35. The standard InChI is InChI=1S/C12H15N3O2/c1-16-12(17-2)11-5-8-14-15(11)9-10-3-6-13-7-4-10/h3-8,12H,9H2,1-2H3. The summed E-state index contributed by atoms with van der Waals surface area (Å²) in [6, 6.07) is 5.80. The fourth-order valence-corrected chi connectivity index (χ4v) is 1.67. The minimum absolute atomic E-state index is 0.390. The maximum Gasteiger partial charge on any atom is 0.200 e. The third-order valence-corrected chi connectivity index (χ3v) is 2.50. The third kappa shape index (κ3) is 2.69. The van der Waals surface area contributed by atoms with E-state index in [1.165, 1.54) is 0 Å². The molecule has 0 atom stereocenters. The monoisotopic (exact) mass is 233 g/mol. The van der Waals surface area contributed by atoms with Gasteiger partial charge in [-0.05, 0) is 23.8 Å². The summed E-state index contributed by atoms with van der Waals surface area (Å²) < 4.78 is 12.3. The van der Waals surface area contributed by atoms with E-state index in [0.717, 1.165) is 11.3 Å². The molecular weight excluding hydrogens is 218 g/mol. The van der Waals surface area contributed by atoms with Crippen molar-refractivity contribution in [1.82, 2.24) is 14.8 Å². The molecule has 0 saturated heterocycles. The second-order valence-electron chi connectivity index (χ2n) is 3.57. The molecule has 5 heteroatoms. The zero-order valence-electron chi connectivity index (χ0n) is 9.91. The summed E-state index contributed by atoms with van der Waals surface area (Å²) in [7, 11) is 3.22. The van der Waals surface area contributed by atoms with Crippen LogP contribution >= 0.6 is 0 Å². The molecule has 0 saturated carbocycles. The molecule has 2 heterocycles. The molecule has 0 radical (unpaired) electrons. The van der Waals surface area contributed by atoms with Crippen LogP contribution in [0, 0.1) is 0 Å². The predicted octanol–water partition coefficient (Wildman–Crippen LogP) is 1.62. The molecule has 17 heavy (non-hydrogen) atoms. The molecule has 0 aromatic carbocycles. The zero-order chi connectivity index (χ0) is 12.1. The van der Waals surface area contributed by atoms with Gasteiger partial charge in [-0.3, -0.25) is 9.67 Å². The molecule has 0 bridgehead atoms. The van der Waals surface area contributed by atoms with E-state index in [1.807, 2.05) is 22.9 Å². The van der Waals surface area contributed by atoms with Gasteiger partial charge < -0.3 is 9.47 Å². The van der Waals surface area contributed by atoms with Crippen LogP contribution in [-0.2, 0) is 16.0 Å². The number of hydrogen-bond acceptors (Lipinski definition) is 4. The van der Waals surface area contributed by atoms with Gasteiger partial charge in [-0.1, -0.05) is 0 Å². The van der Waals surface area contributed by atoms with Crippen molar-refractivity contribution >= 4 is 0 Å². The average molecular weight is 233 g/mol. The Hall–Kier alpha value is -1.72. The highest BCUT2D eigenvalue weighted by atomic mass is 16.7. The van der Waals surface area contributed by atoms with Crippen molar-refractivity contribution in [2.75, 3.05) is 14.2 Å². The maximum atomic E-state index is 5.23. The minimum atomic E-state index is -0.390. The summed E-state index contributed by atoms with van der Waals surface area (Å²) in [5, 5.41) is 4.26. The summed E-state index contributed by atoms with van der Waals surface area (Å²) in [5.74, 6) is 0. The van der Waals surface area contributed by atoms with Crippen LogP contribution in [0.3, 0.4) is 0 Å². The second-order valence-corrected chi connectivity index (χ2v) is 3.57. The second kappa shape index (κ2) is 5.56. The van der Waals surface area contributed by atoms with Crippen molar-refractivity contribution in [3.05, 3.63) is 48.0 Å². The minimum Gasteiger partial charge on any atom is -0.350 e. The Morgan fingerprint density at radius 1 is 1.12 bits per heavy atom. The number of rotatable bonds is 5. The lowest BCUT2D eigenvalue weighted by molar-refractivity contribution is -0.110. The third-order valence-electron chi connectivity index (χ3n) is 2.50. The zero-order valence-corrected chi connectivity index (χ0v) is 9.91. The normalized spacial score (nSPS) is 11.0. The van der Waals surface area contributed by atoms with Gasteiger partial charge in [0.15, 0.2) is 6.29 Å². The number of methoxy groups -OCH3 is 2. The number of aromatic nitrogens is 3. The first kappa shape index (κ1) is 11.8. The Balaban J connectivity index is 2.20. The van der Waals surface area contributed by atoms with E-state index in [2.05, 4.69) is 10.1 Å². The smallest absolute Gasteiger partial charge is 0.200 e. The first-order valence-corrected chi connectivity index (χ1v) is 5.31. The average Bonchev–Trinajstić information content (AvgIpc) is 2.81. The molecule has 0 N–H and O–H groups in total.